The van der Waals surface area contributed by atoms with Crippen molar-refractivity contribution < 1.29 is 14.3 Å². The van der Waals surface area contributed by atoms with Gasteiger partial charge in [-0.05, 0) is 152 Å². The van der Waals surface area contributed by atoms with E-state index in [0.717, 1.165) is 123 Å². The van der Waals surface area contributed by atoms with E-state index in [2.05, 4.69) is 100 Å². The molecule has 3 N–H and O–H groups in total. The smallest absolute Gasteiger partial charge is 0.411 e. The van der Waals surface area contributed by atoms with Gasteiger partial charge in [0.15, 0.2) is 23.3 Å². The van der Waals surface area contributed by atoms with Crippen LogP contribution >= 0.6 is 82.2 Å². The van der Waals surface area contributed by atoms with E-state index in [1.54, 1.807) is 12.1 Å². The van der Waals surface area contributed by atoms with Crippen LogP contribution < -0.4 is 10.1 Å². The summed E-state index contributed by atoms with van der Waals surface area (Å²) in [7, 11) is 0. The van der Waals surface area contributed by atoms with Crippen LogP contribution in [0.1, 0.15) is 222 Å². The highest BCUT2D eigenvalue weighted by atomic mass is 35.5. The number of fused-ring (bicyclic) bond motifs is 20. The molecule has 10 rings (SSSR count). The highest BCUT2D eigenvalue weighted by molar-refractivity contribution is 8.03. The number of aromatic nitrogens is 8. The minimum atomic E-state index is -0.488. The molecule has 0 spiro atoms. The molecule has 0 saturated carbocycles. The Labute approximate surface area is 619 Å². The summed E-state index contributed by atoms with van der Waals surface area (Å²) in [5.41, 5.74) is 6.84. The molecule has 19 heteroatoms. The highest BCUT2D eigenvalue weighted by Crippen LogP contribution is 2.47. The van der Waals surface area contributed by atoms with E-state index < -0.39 is 6.09 Å². The lowest BCUT2D eigenvalue weighted by Crippen LogP contribution is -2.14. The van der Waals surface area contributed by atoms with E-state index >= 15 is 0 Å². The third-order valence-corrected chi connectivity index (χ3v) is 25.5. The summed E-state index contributed by atoms with van der Waals surface area (Å²) in [4.78, 5) is 61.6. The van der Waals surface area contributed by atoms with Crippen LogP contribution in [0.5, 0.6) is 11.5 Å². The standard InChI is InChI=1S/C80H104ClN9O3S6/c1-8-15-22-29-40-94-66-48-58-60(50-68(66)96-42-31-24-17-10-3)76-86-74(58)84-72-56-46-64(81)65(93-55-37-35-54(36-38-55)82-80(91)92-39-28-21-14-7)47-57(56)73(83-72)85-75-59-49-67(95-41-30-23-16-9-2)69(97-43-32-25-18-11-4)51-61(59)77(87-75)89-79-63-53-71(99-45-34-27-20-13-6)70(98-44-33-26-19-12-5)52-62(63)78(88-76)90-79/h35-38,46-53H,8-34,39-45H2,1-7H3,(H,82,91)(H2,83,84,85,86,87,88,89,90). The fourth-order valence-electron chi connectivity index (χ4n) is 12.2. The molecule has 0 radical (unpaired) electrons. The van der Waals surface area contributed by atoms with Crippen LogP contribution in [-0.4, -0.2) is 87.1 Å². The Morgan fingerprint density at radius 2 is 0.677 bits per heavy atom. The Morgan fingerprint density at radius 3 is 1.01 bits per heavy atom. The lowest BCUT2D eigenvalue weighted by Gasteiger charge is -2.12. The third-order valence-electron chi connectivity index (χ3n) is 17.9. The Balaban J connectivity index is 1.23. The van der Waals surface area contributed by atoms with Gasteiger partial charge < -0.3 is 19.4 Å². The number of benzene rings is 5. The van der Waals surface area contributed by atoms with Crippen molar-refractivity contribution in [2.75, 3.05) is 46.4 Å². The summed E-state index contributed by atoms with van der Waals surface area (Å²) in [5.74, 6) is 9.47. The number of nitrogens with zero attached hydrogens (tertiary/aromatic N) is 6. The van der Waals surface area contributed by atoms with Gasteiger partial charge in [0.1, 0.15) is 34.1 Å². The number of unbranched alkanes of at least 4 members (excludes halogenated alkanes) is 20. The van der Waals surface area contributed by atoms with Crippen LogP contribution in [-0.2, 0) is 4.74 Å². The van der Waals surface area contributed by atoms with Crippen LogP contribution in [0.2, 0.25) is 5.02 Å². The molecule has 2 aliphatic rings. The summed E-state index contributed by atoms with van der Waals surface area (Å²) >= 11 is 19.2. The second kappa shape index (κ2) is 40.7. The van der Waals surface area contributed by atoms with Gasteiger partial charge in [-0.1, -0.05) is 188 Å². The monoisotopic (exact) mass is 1470 g/mol. The number of halogens is 1. The van der Waals surface area contributed by atoms with Crippen molar-refractivity contribution >= 4 is 138 Å². The van der Waals surface area contributed by atoms with Gasteiger partial charge in [-0.3, -0.25) is 5.32 Å². The zero-order valence-electron chi connectivity index (χ0n) is 59.7. The predicted octanol–water partition coefficient (Wildman–Crippen LogP) is 27.1. The first-order valence-corrected chi connectivity index (χ1v) is 43.6. The number of rotatable bonds is 43. The van der Waals surface area contributed by atoms with Crippen molar-refractivity contribution in [1.29, 1.82) is 0 Å². The fraction of sp³-hybridized carbons (Fsp3) is 0.512. The van der Waals surface area contributed by atoms with Gasteiger partial charge in [0.25, 0.3) is 0 Å². The number of amides is 1. The summed E-state index contributed by atoms with van der Waals surface area (Å²) in [6, 6.07) is 25.2. The van der Waals surface area contributed by atoms with E-state index in [-0.39, 0.29) is 0 Å². The number of carbonyl (C=O) groups excluding carboxylic acids is 1. The van der Waals surface area contributed by atoms with Crippen LogP contribution in [0, 0.1) is 0 Å². The van der Waals surface area contributed by atoms with Crippen LogP contribution in [0.3, 0.4) is 0 Å². The summed E-state index contributed by atoms with van der Waals surface area (Å²) in [6.45, 7) is 16.2. The molecule has 3 aromatic heterocycles. The SMILES string of the molecule is CCCCCCSc1cc2c(cc1SCCCCCC)-c1nc-2nc2[nH]c(nc3nc(nc4[nH]c(n1)c1cc(SCCCCCC)c(SCCCCCC)cc41)-c1cc(SCCCCCC)c(SCCCCCC)cc1-3)c1cc(Oc3ccc(NC(=O)OCCCCC)cc3)c(Cl)cc21. The van der Waals surface area contributed by atoms with Gasteiger partial charge in [0, 0.05) is 78.9 Å². The molecule has 0 saturated heterocycles. The molecule has 2 aliphatic heterocycles. The molecular weight excluding hydrogens is 1360 g/mol. The highest BCUT2D eigenvalue weighted by Gasteiger charge is 2.27. The number of hydrogen-bond donors (Lipinski definition) is 3. The molecule has 0 unspecified atom stereocenters. The topological polar surface area (TPSA) is 156 Å². The van der Waals surface area contributed by atoms with Gasteiger partial charge >= 0.3 is 6.09 Å². The normalized spacial score (nSPS) is 11.9. The minimum Gasteiger partial charge on any atom is -0.456 e. The van der Waals surface area contributed by atoms with Gasteiger partial charge in [-0.25, -0.2) is 34.7 Å². The average molecular weight is 1470 g/mol. The first-order valence-electron chi connectivity index (χ1n) is 37.3. The molecule has 12 nitrogen and oxygen atoms in total. The van der Waals surface area contributed by atoms with Gasteiger partial charge in [-0.15, -0.1) is 70.6 Å². The number of carbonyl (C=O) groups is 1. The van der Waals surface area contributed by atoms with Gasteiger partial charge in [0.2, 0.25) is 0 Å². The van der Waals surface area contributed by atoms with Gasteiger partial charge in [-0.2, -0.15) is 0 Å². The van der Waals surface area contributed by atoms with E-state index in [1.807, 2.05) is 94.8 Å². The third kappa shape index (κ3) is 21.5. The molecule has 0 aliphatic carbocycles. The van der Waals surface area contributed by atoms with E-state index in [0.29, 0.717) is 74.7 Å². The molecular formula is C80H104ClN9O3S6. The minimum absolute atomic E-state index is 0.373. The Bertz CT molecular complexity index is 4110. The number of H-pyrrole nitrogens is 2. The van der Waals surface area contributed by atoms with Crippen LogP contribution in [0.25, 0.3) is 89.7 Å². The molecule has 5 aromatic carbocycles. The van der Waals surface area contributed by atoms with Crippen LogP contribution in [0.4, 0.5) is 10.5 Å². The summed E-state index contributed by atoms with van der Waals surface area (Å²) < 4.78 is 12.1. The quantitative estimate of drug-likeness (QED) is 0.0245. The second-order valence-electron chi connectivity index (χ2n) is 26.0. The fourth-order valence-corrected chi connectivity index (χ4v) is 19.3. The zero-order chi connectivity index (χ0) is 69.1. The number of hydrogen-bond acceptors (Lipinski definition) is 15. The average Bonchev–Trinajstić information content (AvgIpc) is 1.60. The van der Waals surface area contributed by atoms with E-state index in [4.69, 9.17) is 51.0 Å². The molecule has 99 heavy (non-hydrogen) atoms. The molecule has 0 fully saturated rings. The van der Waals surface area contributed by atoms with Crippen LogP contribution in [0.15, 0.2) is 102 Å². The first kappa shape index (κ1) is 76.6. The Kier molecular flexibility index (Phi) is 31.5. The lowest BCUT2D eigenvalue weighted by atomic mass is 10.1. The largest absolute Gasteiger partial charge is 0.456 e. The lowest BCUT2D eigenvalue weighted by molar-refractivity contribution is 0.159. The molecule has 530 valence electrons. The van der Waals surface area contributed by atoms with Crippen molar-refractivity contribution in [3.8, 4) is 57.1 Å². The Morgan fingerprint density at radius 1 is 0.374 bits per heavy atom. The van der Waals surface area contributed by atoms with E-state index in [9.17, 15) is 4.79 Å². The van der Waals surface area contributed by atoms with Crippen molar-refractivity contribution in [3.63, 3.8) is 0 Å². The summed E-state index contributed by atoms with van der Waals surface area (Å²) in [5, 5.41) is 6.73. The molecule has 5 heterocycles. The summed E-state index contributed by atoms with van der Waals surface area (Å²) in [6.07, 6.45) is 31.3. The maximum atomic E-state index is 12.7. The predicted molar refractivity (Wildman–Crippen MR) is 431 cm³/mol. The molecule has 1 amide bonds. The second-order valence-corrected chi connectivity index (χ2v) is 33.2. The Hall–Kier alpha value is -5.08. The number of aromatic amines is 2. The zero-order valence-corrected chi connectivity index (χ0v) is 65.4. The molecule has 8 aromatic rings. The number of anilines is 1. The number of nitrogens with one attached hydrogen (secondary N) is 3. The van der Waals surface area contributed by atoms with Gasteiger partial charge in [0.05, 0.1) is 11.6 Å². The molecule has 0 atom stereocenters. The van der Waals surface area contributed by atoms with Crippen molar-refractivity contribution in [3.05, 3.63) is 77.8 Å². The number of thioether (sulfide) groups is 6. The maximum absolute atomic E-state index is 12.7. The van der Waals surface area contributed by atoms with Crippen molar-refractivity contribution in [2.24, 2.45) is 0 Å². The van der Waals surface area contributed by atoms with Crippen molar-refractivity contribution in [2.45, 2.75) is 251 Å². The van der Waals surface area contributed by atoms with E-state index in [1.165, 1.54) is 158 Å². The maximum Gasteiger partial charge on any atom is 0.411 e. The number of ether oxygens (including phenoxy) is 2. The first-order chi connectivity index (χ1) is 48.6. The van der Waals surface area contributed by atoms with Crippen molar-refractivity contribution in [1.82, 2.24) is 39.9 Å². The molecule has 8 bridgehead atoms.